The maximum atomic E-state index is 5.50. The number of nitrogens with two attached hydrogens (primary N) is 1. The van der Waals surface area contributed by atoms with Gasteiger partial charge in [0.05, 0.1) is 0 Å². The molecule has 0 aliphatic heterocycles. The molecule has 1 atom stereocenters. The lowest BCUT2D eigenvalue weighted by Gasteiger charge is -2.18. The van der Waals surface area contributed by atoms with Gasteiger partial charge in [-0.05, 0) is 25.7 Å². The van der Waals surface area contributed by atoms with Crippen LogP contribution in [0.4, 0.5) is 11.6 Å². The minimum atomic E-state index is 0.452. The monoisotopic (exact) mass is 249 g/mol. The quantitative estimate of drug-likeness (QED) is 0.510. The maximum Gasteiger partial charge on any atom is 0.148 e. The van der Waals surface area contributed by atoms with Crippen LogP contribution in [-0.2, 0) is 6.42 Å². The van der Waals surface area contributed by atoms with E-state index in [1.807, 2.05) is 0 Å². The summed E-state index contributed by atoms with van der Waals surface area (Å²) in [5.41, 5.74) is 3.74. The first-order valence-electron chi connectivity index (χ1n) is 6.81. The number of nitrogens with zero attached hydrogens (tertiary/aromatic N) is 2. The molecule has 100 valence electrons. The number of hydrazine groups is 1. The van der Waals surface area contributed by atoms with Gasteiger partial charge in [-0.3, -0.25) is 0 Å². The fraction of sp³-hybridized carbons (Fsp3) is 0.692. The average molecular weight is 249 g/mol. The lowest BCUT2D eigenvalue weighted by molar-refractivity contribution is 0.638. The Morgan fingerprint density at radius 3 is 2.72 bits per heavy atom. The SMILES string of the molecule is CCCc1c(NN)ncnc1NC(C)CC1CC1. The molecule has 18 heavy (non-hydrogen) atoms. The van der Waals surface area contributed by atoms with Gasteiger partial charge < -0.3 is 10.7 Å². The highest BCUT2D eigenvalue weighted by Gasteiger charge is 2.24. The van der Waals surface area contributed by atoms with Crippen molar-refractivity contribution in [1.29, 1.82) is 0 Å². The van der Waals surface area contributed by atoms with Crippen molar-refractivity contribution in [3.63, 3.8) is 0 Å². The summed E-state index contributed by atoms with van der Waals surface area (Å²) in [5, 5.41) is 3.49. The van der Waals surface area contributed by atoms with E-state index < -0.39 is 0 Å². The Morgan fingerprint density at radius 2 is 2.11 bits per heavy atom. The van der Waals surface area contributed by atoms with Crippen LogP contribution in [0.25, 0.3) is 0 Å². The second-order valence-corrected chi connectivity index (χ2v) is 5.17. The van der Waals surface area contributed by atoms with Crippen LogP contribution in [0.5, 0.6) is 0 Å². The number of aromatic nitrogens is 2. The molecule has 0 aromatic carbocycles. The van der Waals surface area contributed by atoms with Gasteiger partial charge in [0, 0.05) is 11.6 Å². The molecule has 0 spiro atoms. The van der Waals surface area contributed by atoms with E-state index in [-0.39, 0.29) is 0 Å². The largest absolute Gasteiger partial charge is 0.367 e. The Hall–Kier alpha value is -1.36. The second kappa shape index (κ2) is 6.00. The van der Waals surface area contributed by atoms with Crippen molar-refractivity contribution in [2.45, 2.75) is 52.0 Å². The number of rotatable bonds is 7. The van der Waals surface area contributed by atoms with E-state index in [0.717, 1.165) is 36.0 Å². The molecule has 5 heteroatoms. The summed E-state index contributed by atoms with van der Waals surface area (Å²) < 4.78 is 0. The number of hydrogen-bond donors (Lipinski definition) is 3. The van der Waals surface area contributed by atoms with Gasteiger partial charge in [-0.2, -0.15) is 0 Å². The molecule has 0 saturated heterocycles. The number of hydrogen-bond acceptors (Lipinski definition) is 5. The third-order valence-corrected chi connectivity index (χ3v) is 3.35. The Balaban J connectivity index is 2.08. The highest BCUT2D eigenvalue weighted by molar-refractivity contribution is 5.57. The highest BCUT2D eigenvalue weighted by atomic mass is 15.3. The van der Waals surface area contributed by atoms with Gasteiger partial charge in [0.15, 0.2) is 0 Å². The molecular weight excluding hydrogens is 226 g/mol. The second-order valence-electron chi connectivity index (χ2n) is 5.17. The van der Waals surface area contributed by atoms with E-state index in [4.69, 9.17) is 5.84 Å². The van der Waals surface area contributed by atoms with Gasteiger partial charge in [-0.25, -0.2) is 15.8 Å². The summed E-state index contributed by atoms with van der Waals surface area (Å²) in [4.78, 5) is 8.53. The fourth-order valence-electron chi connectivity index (χ4n) is 2.29. The van der Waals surface area contributed by atoms with Crippen LogP contribution in [0, 0.1) is 5.92 Å². The molecule has 2 rings (SSSR count). The molecule has 1 aromatic rings. The smallest absolute Gasteiger partial charge is 0.148 e. The number of anilines is 2. The van der Waals surface area contributed by atoms with E-state index in [2.05, 4.69) is 34.6 Å². The Labute approximate surface area is 109 Å². The standard InChI is InChI=1S/C13H23N5/c1-3-4-11-12(15-8-16-13(11)18-14)17-9(2)7-10-5-6-10/h8-10H,3-7,14H2,1-2H3,(H2,15,16,17,18). The summed E-state index contributed by atoms with van der Waals surface area (Å²) >= 11 is 0. The fourth-order valence-corrected chi connectivity index (χ4v) is 2.29. The molecule has 1 fully saturated rings. The van der Waals surface area contributed by atoms with E-state index in [1.165, 1.54) is 19.3 Å². The molecule has 0 bridgehead atoms. The topological polar surface area (TPSA) is 75.9 Å². The maximum absolute atomic E-state index is 5.50. The molecule has 1 aliphatic rings. The van der Waals surface area contributed by atoms with Crippen molar-refractivity contribution in [3.8, 4) is 0 Å². The summed E-state index contributed by atoms with van der Waals surface area (Å²) in [6.07, 6.45) is 7.52. The zero-order valence-electron chi connectivity index (χ0n) is 11.2. The molecule has 4 N–H and O–H groups in total. The first-order chi connectivity index (χ1) is 8.74. The molecule has 1 heterocycles. The molecule has 5 nitrogen and oxygen atoms in total. The van der Waals surface area contributed by atoms with E-state index >= 15 is 0 Å². The van der Waals surface area contributed by atoms with Crippen molar-refractivity contribution in [2.75, 3.05) is 10.7 Å². The first-order valence-corrected chi connectivity index (χ1v) is 6.81. The van der Waals surface area contributed by atoms with Crippen molar-refractivity contribution in [2.24, 2.45) is 11.8 Å². The van der Waals surface area contributed by atoms with Crippen LogP contribution in [0.1, 0.15) is 45.1 Å². The zero-order chi connectivity index (χ0) is 13.0. The number of nitrogen functional groups attached to an aromatic ring is 1. The average Bonchev–Trinajstić information content (AvgIpc) is 3.15. The highest BCUT2D eigenvalue weighted by Crippen LogP contribution is 2.34. The molecule has 1 aromatic heterocycles. The summed E-state index contributed by atoms with van der Waals surface area (Å²) in [7, 11) is 0. The van der Waals surface area contributed by atoms with Crippen LogP contribution in [0.15, 0.2) is 6.33 Å². The van der Waals surface area contributed by atoms with E-state index in [1.54, 1.807) is 6.33 Å². The molecule has 1 unspecified atom stereocenters. The van der Waals surface area contributed by atoms with Gasteiger partial charge in [-0.1, -0.05) is 26.2 Å². The van der Waals surface area contributed by atoms with Crippen LogP contribution >= 0.6 is 0 Å². The van der Waals surface area contributed by atoms with Crippen LogP contribution in [0.3, 0.4) is 0 Å². The van der Waals surface area contributed by atoms with Crippen molar-refractivity contribution in [3.05, 3.63) is 11.9 Å². The van der Waals surface area contributed by atoms with Crippen LogP contribution in [0.2, 0.25) is 0 Å². The third kappa shape index (κ3) is 3.32. The minimum absolute atomic E-state index is 0.452. The van der Waals surface area contributed by atoms with Gasteiger partial charge in [0.2, 0.25) is 0 Å². The van der Waals surface area contributed by atoms with Crippen molar-refractivity contribution < 1.29 is 0 Å². The third-order valence-electron chi connectivity index (χ3n) is 3.35. The summed E-state index contributed by atoms with van der Waals surface area (Å²) in [6, 6.07) is 0.452. The van der Waals surface area contributed by atoms with Gasteiger partial charge in [0.1, 0.15) is 18.0 Å². The zero-order valence-corrected chi connectivity index (χ0v) is 11.2. The van der Waals surface area contributed by atoms with Crippen molar-refractivity contribution >= 4 is 11.6 Å². The van der Waals surface area contributed by atoms with E-state index in [9.17, 15) is 0 Å². The minimum Gasteiger partial charge on any atom is -0.367 e. The van der Waals surface area contributed by atoms with Crippen LogP contribution in [-0.4, -0.2) is 16.0 Å². The van der Waals surface area contributed by atoms with Gasteiger partial charge >= 0.3 is 0 Å². The molecule has 0 radical (unpaired) electrons. The lowest BCUT2D eigenvalue weighted by Crippen LogP contribution is -2.20. The summed E-state index contributed by atoms with van der Waals surface area (Å²) in [6.45, 7) is 4.36. The molecule has 1 saturated carbocycles. The van der Waals surface area contributed by atoms with E-state index in [0.29, 0.717) is 6.04 Å². The molecule has 0 amide bonds. The first kappa shape index (κ1) is 13.1. The normalized spacial score (nSPS) is 16.4. The Bertz CT molecular complexity index is 389. The Morgan fingerprint density at radius 1 is 1.39 bits per heavy atom. The predicted molar refractivity (Wildman–Crippen MR) is 74.3 cm³/mol. The summed E-state index contributed by atoms with van der Waals surface area (Å²) in [5.74, 6) is 8.07. The number of nitrogens with one attached hydrogen (secondary N) is 2. The molecule has 1 aliphatic carbocycles. The molecular formula is C13H23N5. The Kier molecular flexibility index (Phi) is 4.36. The van der Waals surface area contributed by atoms with Crippen LogP contribution < -0.4 is 16.6 Å². The lowest BCUT2D eigenvalue weighted by atomic mass is 10.1. The predicted octanol–water partition coefficient (Wildman–Crippen LogP) is 2.32. The van der Waals surface area contributed by atoms with Crippen molar-refractivity contribution in [1.82, 2.24) is 9.97 Å². The van der Waals surface area contributed by atoms with Gasteiger partial charge in [-0.15, -0.1) is 0 Å². The van der Waals surface area contributed by atoms with Gasteiger partial charge in [0.25, 0.3) is 0 Å².